The molecule has 1 aromatic heterocycles. The van der Waals surface area contributed by atoms with Crippen molar-refractivity contribution in [2.45, 2.75) is 38.8 Å². The number of anilines is 1. The second-order valence-electron chi connectivity index (χ2n) is 4.70. The second-order valence-corrected chi connectivity index (χ2v) is 5.61. The zero-order valence-electron chi connectivity index (χ0n) is 11.8. The minimum Gasteiger partial charge on any atom is -0.340 e. The Balaban J connectivity index is 2.71. The number of nitrogens with two attached hydrogens (primary N) is 1. The maximum absolute atomic E-state index is 5.76. The van der Waals surface area contributed by atoms with E-state index in [1.54, 1.807) is 0 Å². The first-order valence-corrected chi connectivity index (χ1v) is 7.76. The molecule has 0 radical (unpaired) electrons. The fourth-order valence-electron chi connectivity index (χ4n) is 1.87. The molecule has 2 unspecified atom stereocenters. The van der Waals surface area contributed by atoms with E-state index in [0.29, 0.717) is 6.04 Å². The summed E-state index contributed by atoms with van der Waals surface area (Å²) in [5.41, 5.74) is 6.86. The third-order valence-corrected chi connectivity index (χ3v) is 3.66. The maximum atomic E-state index is 5.76. The van der Waals surface area contributed by atoms with Gasteiger partial charge in [0.15, 0.2) is 0 Å². The van der Waals surface area contributed by atoms with Crippen LogP contribution in [0, 0.1) is 0 Å². The topological polar surface area (TPSA) is 55.0 Å². The van der Waals surface area contributed by atoms with E-state index in [-0.39, 0.29) is 6.04 Å². The van der Waals surface area contributed by atoms with Crippen LogP contribution in [0.2, 0.25) is 0 Å². The summed E-state index contributed by atoms with van der Waals surface area (Å²) in [4.78, 5) is 11.0. The van der Waals surface area contributed by atoms with Crippen molar-refractivity contribution in [3.05, 3.63) is 18.0 Å². The lowest BCUT2D eigenvalue weighted by Crippen LogP contribution is -2.34. The molecule has 102 valence electrons. The van der Waals surface area contributed by atoms with Crippen LogP contribution in [0.15, 0.2) is 12.4 Å². The molecule has 1 aromatic rings. The van der Waals surface area contributed by atoms with Gasteiger partial charge in [-0.05, 0) is 31.6 Å². The van der Waals surface area contributed by atoms with E-state index in [2.05, 4.69) is 35.1 Å². The molecule has 0 aliphatic heterocycles. The number of hydrogen-bond donors (Lipinski definition) is 1. The van der Waals surface area contributed by atoms with Gasteiger partial charge in [-0.3, -0.25) is 0 Å². The summed E-state index contributed by atoms with van der Waals surface area (Å²) >= 11 is 1.86. The Morgan fingerprint density at radius 3 is 2.44 bits per heavy atom. The van der Waals surface area contributed by atoms with Crippen LogP contribution in [0.4, 0.5) is 5.95 Å². The number of hydrogen-bond acceptors (Lipinski definition) is 5. The first-order chi connectivity index (χ1) is 8.58. The van der Waals surface area contributed by atoms with Crippen LogP contribution in [0.5, 0.6) is 0 Å². The molecule has 0 aromatic carbocycles. The van der Waals surface area contributed by atoms with Crippen LogP contribution in [-0.4, -0.2) is 41.1 Å². The number of nitrogens with zero attached hydrogens (tertiary/aromatic N) is 3. The lowest BCUT2D eigenvalue weighted by atomic mass is 10.1. The van der Waals surface area contributed by atoms with Crippen molar-refractivity contribution < 1.29 is 0 Å². The first-order valence-electron chi connectivity index (χ1n) is 6.36. The van der Waals surface area contributed by atoms with Crippen LogP contribution in [0.3, 0.4) is 0 Å². The van der Waals surface area contributed by atoms with Gasteiger partial charge in [-0.15, -0.1) is 0 Å². The molecular weight excluding hydrogens is 244 g/mol. The quantitative estimate of drug-likeness (QED) is 0.819. The molecule has 1 rings (SSSR count). The van der Waals surface area contributed by atoms with E-state index >= 15 is 0 Å². The molecule has 2 atom stereocenters. The van der Waals surface area contributed by atoms with Gasteiger partial charge < -0.3 is 10.6 Å². The highest BCUT2D eigenvalue weighted by molar-refractivity contribution is 7.98. The molecule has 0 aliphatic carbocycles. The largest absolute Gasteiger partial charge is 0.340 e. The molecule has 4 nitrogen and oxygen atoms in total. The third kappa shape index (κ3) is 4.46. The van der Waals surface area contributed by atoms with Crippen molar-refractivity contribution >= 4 is 17.7 Å². The van der Waals surface area contributed by atoms with E-state index in [1.165, 1.54) is 0 Å². The van der Waals surface area contributed by atoms with Crippen LogP contribution in [0.25, 0.3) is 0 Å². The Bertz CT molecular complexity index is 339. The van der Waals surface area contributed by atoms with E-state index in [0.717, 1.165) is 30.1 Å². The maximum Gasteiger partial charge on any atom is 0.225 e. The molecule has 0 saturated carbocycles. The van der Waals surface area contributed by atoms with Crippen LogP contribution in [-0.2, 0) is 6.42 Å². The van der Waals surface area contributed by atoms with Crippen LogP contribution in [0.1, 0.15) is 25.8 Å². The van der Waals surface area contributed by atoms with Gasteiger partial charge in [0.05, 0.1) is 0 Å². The smallest absolute Gasteiger partial charge is 0.225 e. The Morgan fingerprint density at radius 1 is 1.39 bits per heavy atom. The first kappa shape index (κ1) is 15.2. The molecule has 5 heteroatoms. The highest BCUT2D eigenvalue weighted by Gasteiger charge is 2.14. The number of thioether (sulfide) groups is 1. The summed E-state index contributed by atoms with van der Waals surface area (Å²) in [7, 11) is 2.06. The molecule has 0 spiro atoms. The Hall–Kier alpha value is -0.810. The van der Waals surface area contributed by atoms with Crippen molar-refractivity contribution in [3.63, 3.8) is 0 Å². The summed E-state index contributed by atoms with van der Waals surface area (Å²) < 4.78 is 0. The van der Waals surface area contributed by atoms with Crippen molar-refractivity contribution in [2.75, 3.05) is 24.0 Å². The minimum absolute atomic E-state index is 0.150. The minimum atomic E-state index is 0.150. The van der Waals surface area contributed by atoms with Gasteiger partial charge in [-0.25, -0.2) is 9.97 Å². The zero-order valence-corrected chi connectivity index (χ0v) is 12.6. The predicted octanol–water partition coefficient (Wildman–Crippen LogP) is 1.94. The van der Waals surface area contributed by atoms with Gasteiger partial charge in [0, 0.05) is 37.3 Å². The fourth-order valence-corrected chi connectivity index (χ4v) is 2.71. The molecule has 0 aliphatic rings. The van der Waals surface area contributed by atoms with E-state index in [9.17, 15) is 0 Å². The van der Waals surface area contributed by atoms with Crippen molar-refractivity contribution in [3.8, 4) is 0 Å². The summed E-state index contributed by atoms with van der Waals surface area (Å²) in [6, 6.07) is 0.636. The van der Waals surface area contributed by atoms with Gasteiger partial charge in [-0.2, -0.15) is 11.8 Å². The Labute approximate surface area is 114 Å². The summed E-state index contributed by atoms with van der Waals surface area (Å²) in [6.07, 6.45) is 7.82. The van der Waals surface area contributed by atoms with Gasteiger partial charge in [0.25, 0.3) is 0 Å². The summed E-state index contributed by atoms with van der Waals surface area (Å²) in [5.74, 6) is 1.89. The molecular formula is C13H24N4S. The van der Waals surface area contributed by atoms with Crippen LogP contribution >= 0.6 is 11.8 Å². The fraction of sp³-hybridized carbons (Fsp3) is 0.692. The molecule has 18 heavy (non-hydrogen) atoms. The molecule has 0 bridgehead atoms. The molecule has 1 heterocycles. The third-order valence-electron chi connectivity index (χ3n) is 2.94. The lowest BCUT2D eigenvalue weighted by molar-refractivity contribution is 0.655. The average molecular weight is 268 g/mol. The molecule has 0 amide bonds. The Kier molecular flexibility index (Phi) is 6.43. The number of rotatable bonds is 7. The lowest BCUT2D eigenvalue weighted by Gasteiger charge is -2.26. The van der Waals surface area contributed by atoms with E-state index in [1.807, 2.05) is 31.1 Å². The van der Waals surface area contributed by atoms with Gasteiger partial charge in [-0.1, -0.05) is 6.92 Å². The SMILES string of the molecule is CCC(CSC)N(C)c1ncc(CC(C)N)cn1. The monoisotopic (exact) mass is 268 g/mol. The van der Waals surface area contributed by atoms with Gasteiger partial charge in [0.2, 0.25) is 5.95 Å². The summed E-state index contributed by atoms with van der Waals surface area (Å²) in [5, 5.41) is 0. The molecule has 0 saturated heterocycles. The predicted molar refractivity (Wildman–Crippen MR) is 80.2 cm³/mol. The van der Waals surface area contributed by atoms with Gasteiger partial charge in [0.1, 0.15) is 0 Å². The van der Waals surface area contributed by atoms with E-state index < -0.39 is 0 Å². The highest BCUT2D eigenvalue weighted by Crippen LogP contribution is 2.14. The number of aromatic nitrogens is 2. The standard InChI is InChI=1S/C13H24N4S/c1-5-12(9-18-4)17(3)13-15-7-11(8-16-13)6-10(2)14/h7-8,10,12H,5-6,9,14H2,1-4H3. The second kappa shape index (κ2) is 7.59. The van der Waals surface area contributed by atoms with Gasteiger partial charge >= 0.3 is 0 Å². The Morgan fingerprint density at radius 2 is 2.00 bits per heavy atom. The average Bonchev–Trinajstić information content (AvgIpc) is 2.35. The van der Waals surface area contributed by atoms with Crippen molar-refractivity contribution in [1.82, 2.24) is 9.97 Å². The normalized spacial score (nSPS) is 14.3. The van der Waals surface area contributed by atoms with Crippen LogP contribution < -0.4 is 10.6 Å². The zero-order chi connectivity index (χ0) is 13.5. The van der Waals surface area contributed by atoms with Crippen molar-refractivity contribution in [1.29, 1.82) is 0 Å². The van der Waals surface area contributed by atoms with E-state index in [4.69, 9.17) is 5.73 Å². The van der Waals surface area contributed by atoms with Crippen molar-refractivity contribution in [2.24, 2.45) is 5.73 Å². The highest BCUT2D eigenvalue weighted by atomic mass is 32.2. The summed E-state index contributed by atoms with van der Waals surface area (Å²) in [6.45, 7) is 4.19. The molecule has 2 N–H and O–H groups in total. The molecule has 0 fully saturated rings.